The fourth-order valence-corrected chi connectivity index (χ4v) is 3.21. The van der Waals surface area contributed by atoms with Crippen molar-refractivity contribution >= 4 is 34.2 Å². The molecule has 0 unspecified atom stereocenters. The Bertz CT molecular complexity index is 1170. The molecule has 0 aliphatic heterocycles. The first-order valence-corrected chi connectivity index (χ1v) is 9.30. The molecule has 1 aromatic heterocycles. The van der Waals surface area contributed by atoms with Crippen molar-refractivity contribution in [2.45, 2.75) is 12.8 Å². The van der Waals surface area contributed by atoms with Gasteiger partial charge in [0.15, 0.2) is 5.82 Å². The van der Waals surface area contributed by atoms with E-state index in [-0.39, 0.29) is 6.61 Å². The second-order valence-electron chi connectivity index (χ2n) is 6.34. The first-order chi connectivity index (χ1) is 13.8. The molecule has 0 fully saturated rings. The van der Waals surface area contributed by atoms with Crippen LogP contribution < -0.4 is 4.84 Å². The number of hydrogen-bond donors (Lipinski definition) is 0. The van der Waals surface area contributed by atoms with Gasteiger partial charge in [0, 0.05) is 15.6 Å². The zero-order chi connectivity index (χ0) is 20.6. The summed E-state index contributed by atoms with van der Waals surface area (Å²) in [7, 11) is 0. The Hall–Kier alpha value is -2.70. The number of imidazole rings is 1. The second-order valence-corrected chi connectivity index (χ2v) is 7.21. The summed E-state index contributed by atoms with van der Waals surface area (Å²) in [6, 6.07) is 17.2. The fraction of sp³-hybridized carbons (Fsp3) is 0.0952. The van der Waals surface area contributed by atoms with Crippen molar-refractivity contribution in [2.24, 2.45) is 0 Å². The second kappa shape index (κ2) is 7.61. The van der Waals surface area contributed by atoms with E-state index in [0.29, 0.717) is 32.5 Å². The van der Waals surface area contributed by atoms with E-state index >= 15 is 0 Å². The van der Waals surface area contributed by atoms with E-state index in [1.165, 1.54) is 10.8 Å². The normalized spacial score (nSPS) is 11.8. The molecular formula is C21H13Cl2F3N2O. The highest BCUT2D eigenvalue weighted by Crippen LogP contribution is 2.30. The van der Waals surface area contributed by atoms with Crippen molar-refractivity contribution < 1.29 is 18.0 Å². The van der Waals surface area contributed by atoms with Gasteiger partial charge in [0.05, 0.1) is 11.1 Å². The van der Waals surface area contributed by atoms with Crippen molar-refractivity contribution in [3.05, 3.63) is 87.9 Å². The molecule has 0 atom stereocenters. The third-order valence-electron chi connectivity index (χ3n) is 4.29. The lowest BCUT2D eigenvalue weighted by molar-refractivity contribution is -0.137. The number of hydrogen-bond acceptors (Lipinski definition) is 2. The summed E-state index contributed by atoms with van der Waals surface area (Å²) in [5, 5.41) is 1.06. The smallest absolute Gasteiger partial charge is 0.407 e. The predicted octanol–water partition coefficient (Wildman–Crippen LogP) is 6.66. The molecule has 0 saturated carbocycles. The topological polar surface area (TPSA) is 27.1 Å². The van der Waals surface area contributed by atoms with Gasteiger partial charge in [-0.2, -0.15) is 17.9 Å². The molecule has 148 valence electrons. The van der Waals surface area contributed by atoms with Crippen LogP contribution in [0.1, 0.15) is 11.1 Å². The maximum Gasteiger partial charge on any atom is 0.416 e. The molecule has 0 saturated heterocycles. The molecule has 0 spiro atoms. The van der Waals surface area contributed by atoms with Gasteiger partial charge >= 0.3 is 6.18 Å². The van der Waals surface area contributed by atoms with Gasteiger partial charge in [-0.15, -0.1) is 0 Å². The molecule has 4 rings (SSSR count). The molecule has 1 heterocycles. The number of alkyl halides is 3. The number of benzene rings is 3. The van der Waals surface area contributed by atoms with E-state index < -0.39 is 11.7 Å². The molecule has 0 N–H and O–H groups in total. The van der Waals surface area contributed by atoms with Gasteiger partial charge in [-0.3, -0.25) is 0 Å². The number of nitrogens with zero attached hydrogens (tertiary/aromatic N) is 2. The van der Waals surface area contributed by atoms with Crippen LogP contribution in [0.4, 0.5) is 13.2 Å². The van der Waals surface area contributed by atoms with Gasteiger partial charge in [-0.1, -0.05) is 35.3 Å². The summed E-state index contributed by atoms with van der Waals surface area (Å²) in [5.74, 6) is 0.492. The lowest BCUT2D eigenvalue weighted by atomic mass is 10.1. The van der Waals surface area contributed by atoms with E-state index in [4.69, 9.17) is 28.0 Å². The number of rotatable bonds is 4. The molecule has 0 aliphatic rings. The SMILES string of the molecule is FC(F)(F)c1cccc(COn2c(-c3ccc(Cl)cc3)nc3ccc(Cl)cc32)c1. The van der Waals surface area contributed by atoms with Gasteiger partial charge in [0.25, 0.3) is 0 Å². The molecule has 0 radical (unpaired) electrons. The minimum Gasteiger partial charge on any atom is -0.407 e. The third-order valence-corrected chi connectivity index (χ3v) is 4.78. The third kappa shape index (κ3) is 4.18. The first-order valence-electron chi connectivity index (χ1n) is 8.54. The highest BCUT2D eigenvalue weighted by molar-refractivity contribution is 6.31. The summed E-state index contributed by atoms with van der Waals surface area (Å²) in [6.07, 6.45) is -4.42. The molecule has 4 aromatic rings. The Morgan fingerprint density at radius 2 is 1.62 bits per heavy atom. The van der Waals surface area contributed by atoms with Gasteiger partial charge in [-0.05, 0) is 60.2 Å². The quantitative estimate of drug-likeness (QED) is 0.357. The van der Waals surface area contributed by atoms with Crippen LogP contribution in [-0.2, 0) is 12.8 Å². The zero-order valence-electron chi connectivity index (χ0n) is 14.8. The monoisotopic (exact) mass is 436 g/mol. The summed E-state index contributed by atoms with van der Waals surface area (Å²) < 4.78 is 40.4. The van der Waals surface area contributed by atoms with E-state index in [0.717, 1.165) is 17.7 Å². The Labute approximate surface area is 174 Å². The number of halogens is 5. The Balaban J connectivity index is 1.73. The van der Waals surface area contributed by atoms with Gasteiger partial charge < -0.3 is 4.84 Å². The van der Waals surface area contributed by atoms with Gasteiger partial charge in [0.1, 0.15) is 12.1 Å². The summed E-state index contributed by atoms with van der Waals surface area (Å²) in [6.45, 7) is -0.0809. The largest absolute Gasteiger partial charge is 0.416 e. The van der Waals surface area contributed by atoms with Crippen molar-refractivity contribution in [1.82, 2.24) is 9.71 Å². The molecular weight excluding hydrogens is 424 g/mol. The van der Waals surface area contributed by atoms with Crippen molar-refractivity contribution in [2.75, 3.05) is 0 Å². The van der Waals surface area contributed by atoms with Crippen LogP contribution in [0.2, 0.25) is 10.0 Å². The molecule has 3 nitrogen and oxygen atoms in total. The van der Waals surface area contributed by atoms with E-state index in [9.17, 15) is 13.2 Å². The molecule has 8 heteroatoms. The molecule has 0 bridgehead atoms. The van der Waals surface area contributed by atoms with Crippen LogP contribution in [0.25, 0.3) is 22.4 Å². The number of fused-ring (bicyclic) bond motifs is 1. The van der Waals surface area contributed by atoms with Gasteiger partial charge in [0.2, 0.25) is 0 Å². The highest BCUT2D eigenvalue weighted by atomic mass is 35.5. The average molecular weight is 437 g/mol. The van der Waals surface area contributed by atoms with Crippen LogP contribution in [0.15, 0.2) is 66.7 Å². The minimum atomic E-state index is -4.42. The van der Waals surface area contributed by atoms with Crippen molar-refractivity contribution in [3.8, 4) is 11.4 Å². The van der Waals surface area contributed by atoms with Crippen LogP contribution in [0, 0.1) is 0 Å². The van der Waals surface area contributed by atoms with Crippen LogP contribution in [-0.4, -0.2) is 9.71 Å². The average Bonchev–Trinajstić information content (AvgIpc) is 3.04. The maximum absolute atomic E-state index is 13.0. The van der Waals surface area contributed by atoms with E-state index in [1.54, 1.807) is 48.5 Å². The minimum absolute atomic E-state index is 0.0809. The lowest BCUT2D eigenvalue weighted by Crippen LogP contribution is -2.13. The first kappa shape index (κ1) is 19.6. The highest BCUT2D eigenvalue weighted by Gasteiger charge is 2.30. The Morgan fingerprint density at radius 3 is 2.34 bits per heavy atom. The van der Waals surface area contributed by atoms with Crippen LogP contribution >= 0.6 is 23.2 Å². The van der Waals surface area contributed by atoms with Gasteiger partial charge in [-0.25, -0.2) is 4.98 Å². The van der Waals surface area contributed by atoms with E-state index in [1.807, 2.05) is 0 Å². The fourth-order valence-electron chi connectivity index (χ4n) is 2.92. The van der Waals surface area contributed by atoms with Crippen LogP contribution in [0.5, 0.6) is 0 Å². The summed E-state index contributed by atoms with van der Waals surface area (Å²) >= 11 is 12.1. The number of aromatic nitrogens is 2. The standard InChI is InChI=1S/C21H13Cl2F3N2O/c22-16-6-4-14(5-7-16)20-27-18-9-8-17(23)11-19(18)28(20)29-12-13-2-1-3-15(10-13)21(24,25)26/h1-11H,12H2. The summed E-state index contributed by atoms with van der Waals surface area (Å²) in [5.41, 5.74) is 1.64. The summed E-state index contributed by atoms with van der Waals surface area (Å²) in [4.78, 5) is 10.5. The Kier molecular flexibility index (Phi) is 5.15. The zero-order valence-corrected chi connectivity index (χ0v) is 16.3. The Morgan fingerprint density at radius 1 is 0.897 bits per heavy atom. The van der Waals surface area contributed by atoms with Crippen LogP contribution in [0.3, 0.4) is 0 Å². The van der Waals surface area contributed by atoms with E-state index in [2.05, 4.69) is 4.98 Å². The molecule has 0 amide bonds. The molecule has 3 aromatic carbocycles. The van der Waals surface area contributed by atoms with Crippen molar-refractivity contribution in [1.29, 1.82) is 0 Å². The maximum atomic E-state index is 13.0. The molecule has 0 aliphatic carbocycles. The predicted molar refractivity (Wildman–Crippen MR) is 107 cm³/mol. The lowest BCUT2D eigenvalue weighted by Gasteiger charge is -2.13. The van der Waals surface area contributed by atoms with Crippen molar-refractivity contribution in [3.63, 3.8) is 0 Å². The molecule has 29 heavy (non-hydrogen) atoms.